The molecule has 0 aliphatic carbocycles. The minimum absolute atomic E-state index is 0.173. The van der Waals surface area contributed by atoms with E-state index in [1.807, 2.05) is 0 Å². The van der Waals surface area contributed by atoms with E-state index in [2.05, 4.69) is 10.3 Å². The predicted octanol–water partition coefficient (Wildman–Crippen LogP) is 1.86. The van der Waals surface area contributed by atoms with E-state index in [-0.39, 0.29) is 11.1 Å². The van der Waals surface area contributed by atoms with Gasteiger partial charge in [-0.25, -0.2) is 13.2 Å². The van der Waals surface area contributed by atoms with E-state index in [1.54, 1.807) is 6.07 Å². The molecule has 134 valence electrons. The first-order chi connectivity index (χ1) is 12.3. The van der Waals surface area contributed by atoms with Crippen LogP contribution in [0.3, 0.4) is 0 Å². The minimum atomic E-state index is -3.12. The van der Waals surface area contributed by atoms with Crippen molar-refractivity contribution in [3.8, 4) is 6.07 Å². The van der Waals surface area contributed by atoms with Crippen LogP contribution in [-0.2, 0) is 4.79 Å². The number of nitrogens with one attached hydrogen (secondary N) is 1. The standard InChI is InChI=1S/C17H13F3N4O2/c18-10-1-2-12-13(3-4-22-14(12)5-10)16(26)23-8-15(25)24-9-17(19,20)6-11(24)7-21/h1-5,11H,6,8-9H2,(H,23,26). The number of carbonyl (C=O) groups excluding carboxylic acids is 2. The Morgan fingerprint density at radius 2 is 2.15 bits per heavy atom. The average Bonchev–Trinajstić information content (AvgIpc) is 2.93. The zero-order valence-corrected chi connectivity index (χ0v) is 13.4. The van der Waals surface area contributed by atoms with Crippen molar-refractivity contribution in [2.24, 2.45) is 0 Å². The van der Waals surface area contributed by atoms with Crippen molar-refractivity contribution in [2.75, 3.05) is 13.1 Å². The summed E-state index contributed by atoms with van der Waals surface area (Å²) >= 11 is 0. The molecular formula is C17H13F3N4O2. The van der Waals surface area contributed by atoms with Crippen LogP contribution >= 0.6 is 0 Å². The SMILES string of the molecule is N#CC1CC(F)(F)CN1C(=O)CNC(=O)c1ccnc2cc(F)ccc12. The number of likely N-dealkylation sites (tertiary alicyclic amines) is 1. The van der Waals surface area contributed by atoms with Crippen LogP contribution in [0.1, 0.15) is 16.8 Å². The summed E-state index contributed by atoms with van der Waals surface area (Å²) in [5.74, 6) is -5.02. The molecule has 0 bridgehead atoms. The number of benzene rings is 1. The molecule has 0 spiro atoms. The van der Waals surface area contributed by atoms with Crippen molar-refractivity contribution < 1.29 is 22.8 Å². The van der Waals surface area contributed by atoms with Crippen LogP contribution < -0.4 is 5.32 Å². The van der Waals surface area contributed by atoms with Crippen molar-refractivity contribution in [3.63, 3.8) is 0 Å². The van der Waals surface area contributed by atoms with Gasteiger partial charge in [-0.15, -0.1) is 0 Å². The van der Waals surface area contributed by atoms with Gasteiger partial charge >= 0.3 is 0 Å². The third-order valence-corrected chi connectivity index (χ3v) is 4.09. The van der Waals surface area contributed by atoms with E-state index in [0.717, 1.165) is 4.90 Å². The fourth-order valence-electron chi connectivity index (χ4n) is 2.87. The number of hydrogen-bond acceptors (Lipinski definition) is 4. The molecule has 2 amide bonds. The number of alkyl halides is 2. The summed E-state index contributed by atoms with van der Waals surface area (Å²) in [4.78, 5) is 29.2. The second-order valence-corrected chi connectivity index (χ2v) is 5.93. The highest BCUT2D eigenvalue weighted by Crippen LogP contribution is 2.31. The first-order valence-corrected chi connectivity index (χ1v) is 7.70. The second-order valence-electron chi connectivity index (χ2n) is 5.93. The Morgan fingerprint density at radius 1 is 1.38 bits per heavy atom. The molecule has 3 rings (SSSR count). The lowest BCUT2D eigenvalue weighted by Crippen LogP contribution is -2.43. The van der Waals surface area contributed by atoms with Crippen molar-refractivity contribution >= 4 is 22.7 Å². The van der Waals surface area contributed by atoms with E-state index < -0.39 is 49.1 Å². The van der Waals surface area contributed by atoms with Gasteiger partial charge < -0.3 is 10.2 Å². The number of amides is 2. The summed E-state index contributed by atoms with van der Waals surface area (Å²) in [6.07, 6.45) is 0.606. The molecule has 1 aromatic heterocycles. The van der Waals surface area contributed by atoms with Gasteiger partial charge in [-0.3, -0.25) is 14.6 Å². The molecule has 1 N–H and O–H groups in total. The van der Waals surface area contributed by atoms with Crippen molar-refractivity contribution in [1.29, 1.82) is 5.26 Å². The van der Waals surface area contributed by atoms with Gasteiger partial charge in [-0.05, 0) is 18.2 Å². The number of aromatic nitrogens is 1. The fraction of sp³-hybridized carbons (Fsp3) is 0.294. The van der Waals surface area contributed by atoms with Crippen LogP contribution in [0.15, 0.2) is 30.5 Å². The maximum Gasteiger partial charge on any atom is 0.268 e. The molecule has 26 heavy (non-hydrogen) atoms. The third kappa shape index (κ3) is 3.44. The molecule has 1 fully saturated rings. The van der Waals surface area contributed by atoms with Gasteiger partial charge in [-0.2, -0.15) is 5.26 Å². The molecule has 0 radical (unpaired) electrons. The molecule has 1 atom stereocenters. The van der Waals surface area contributed by atoms with E-state index in [1.165, 1.54) is 30.5 Å². The van der Waals surface area contributed by atoms with Gasteiger partial charge in [0.25, 0.3) is 11.8 Å². The quantitative estimate of drug-likeness (QED) is 0.903. The number of hydrogen-bond donors (Lipinski definition) is 1. The summed E-state index contributed by atoms with van der Waals surface area (Å²) in [5.41, 5.74) is 0.444. The number of halogens is 3. The van der Waals surface area contributed by atoms with Gasteiger partial charge in [0.15, 0.2) is 0 Å². The second kappa shape index (κ2) is 6.63. The fourth-order valence-corrected chi connectivity index (χ4v) is 2.87. The van der Waals surface area contributed by atoms with Crippen LogP contribution in [0.4, 0.5) is 13.2 Å². The molecule has 6 nitrogen and oxygen atoms in total. The Morgan fingerprint density at radius 3 is 2.88 bits per heavy atom. The molecule has 9 heteroatoms. The lowest BCUT2D eigenvalue weighted by Gasteiger charge is -2.19. The molecule has 2 heterocycles. The maximum absolute atomic E-state index is 13.4. The molecule has 2 aromatic rings. The topological polar surface area (TPSA) is 86.1 Å². The largest absolute Gasteiger partial charge is 0.343 e. The molecule has 1 aliphatic rings. The lowest BCUT2D eigenvalue weighted by atomic mass is 10.1. The van der Waals surface area contributed by atoms with Crippen LogP contribution in [0.5, 0.6) is 0 Å². The monoisotopic (exact) mass is 362 g/mol. The first kappa shape index (κ1) is 17.7. The molecule has 1 saturated heterocycles. The van der Waals surface area contributed by atoms with Gasteiger partial charge in [0.2, 0.25) is 5.91 Å². The summed E-state index contributed by atoms with van der Waals surface area (Å²) < 4.78 is 40.0. The van der Waals surface area contributed by atoms with Gasteiger partial charge in [-0.1, -0.05) is 0 Å². The average molecular weight is 362 g/mol. The number of nitrogens with zero attached hydrogens (tertiary/aromatic N) is 3. The Kier molecular flexibility index (Phi) is 4.50. The highest BCUT2D eigenvalue weighted by molar-refractivity contribution is 6.06. The molecule has 0 saturated carbocycles. The number of pyridine rings is 1. The zero-order valence-electron chi connectivity index (χ0n) is 13.4. The van der Waals surface area contributed by atoms with Gasteiger partial charge in [0.05, 0.1) is 30.2 Å². The number of carbonyl (C=O) groups is 2. The van der Waals surface area contributed by atoms with E-state index in [9.17, 15) is 22.8 Å². The van der Waals surface area contributed by atoms with E-state index >= 15 is 0 Å². The normalized spacial score (nSPS) is 18.5. The summed E-state index contributed by atoms with van der Waals surface area (Å²) in [6.45, 7) is -1.38. The van der Waals surface area contributed by atoms with Crippen molar-refractivity contribution in [3.05, 3.63) is 41.8 Å². The number of rotatable bonds is 3. The smallest absolute Gasteiger partial charge is 0.268 e. The summed E-state index contributed by atoms with van der Waals surface area (Å²) in [5, 5.41) is 11.7. The minimum Gasteiger partial charge on any atom is -0.343 e. The Labute approximate surface area is 146 Å². The maximum atomic E-state index is 13.4. The molecule has 1 unspecified atom stereocenters. The Bertz CT molecular complexity index is 926. The van der Waals surface area contributed by atoms with Crippen molar-refractivity contribution in [2.45, 2.75) is 18.4 Å². The van der Waals surface area contributed by atoms with Crippen molar-refractivity contribution in [1.82, 2.24) is 15.2 Å². The van der Waals surface area contributed by atoms with Crippen LogP contribution in [0.2, 0.25) is 0 Å². The predicted molar refractivity (Wildman–Crippen MR) is 84.7 cm³/mol. The van der Waals surface area contributed by atoms with Crippen LogP contribution in [0.25, 0.3) is 10.9 Å². The Hall–Kier alpha value is -3.15. The Balaban J connectivity index is 1.72. The van der Waals surface area contributed by atoms with Gasteiger partial charge in [0.1, 0.15) is 11.9 Å². The summed E-state index contributed by atoms with van der Waals surface area (Å²) in [6, 6.07) is 5.58. The lowest BCUT2D eigenvalue weighted by molar-refractivity contribution is -0.131. The van der Waals surface area contributed by atoms with Gasteiger partial charge in [0, 0.05) is 24.1 Å². The van der Waals surface area contributed by atoms with E-state index in [0.29, 0.717) is 5.39 Å². The van der Waals surface area contributed by atoms with E-state index in [4.69, 9.17) is 5.26 Å². The summed E-state index contributed by atoms with van der Waals surface area (Å²) in [7, 11) is 0. The van der Waals surface area contributed by atoms with Crippen LogP contribution in [0, 0.1) is 17.1 Å². The third-order valence-electron chi connectivity index (χ3n) is 4.09. The van der Waals surface area contributed by atoms with Crippen LogP contribution in [-0.4, -0.2) is 46.8 Å². The zero-order chi connectivity index (χ0) is 18.9. The number of nitriles is 1. The number of fused-ring (bicyclic) bond motifs is 1. The molecular weight excluding hydrogens is 349 g/mol. The molecule has 1 aromatic carbocycles. The first-order valence-electron chi connectivity index (χ1n) is 7.70. The highest BCUT2D eigenvalue weighted by Gasteiger charge is 2.47. The highest BCUT2D eigenvalue weighted by atomic mass is 19.3. The molecule has 1 aliphatic heterocycles.